The molecule has 0 aliphatic carbocycles. The van der Waals surface area contributed by atoms with Crippen LogP contribution in [0.3, 0.4) is 0 Å². The third kappa shape index (κ3) is 5.49. The maximum Gasteiger partial charge on any atom is 0.217 e. The molecule has 0 atom stereocenters. The van der Waals surface area contributed by atoms with Crippen LogP contribution in [0.25, 0.3) is 0 Å². The van der Waals surface area contributed by atoms with Gasteiger partial charge in [-0.25, -0.2) is 4.99 Å². The van der Waals surface area contributed by atoms with Crippen LogP contribution in [0.1, 0.15) is 49.1 Å². The average molecular weight is 377 g/mol. The molecule has 2 heterocycles. The molecule has 0 bridgehead atoms. The van der Waals surface area contributed by atoms with Crippen LogP contribution >= 0.6 is 11.6 Å². The molecule has 0 unspecified atom stereocenters. The number of unbranched alkanes of at least 4 members (excludes halogenated alkanes) is 4. The predicted octanol–water partition coefficient (Wildman–Crippen LogP) is 4.99. The van der Waals surface area contributed by atoms with E-state index in [2.05, 4.69) is 10.1 Å². The predicted molar refractivity (Wildman–Crippen MR) is 102 cm³/mol. The lowest BCUT2D eigenvalue weighted by atomic mass is 10.1. The highest BCUT2D eigenvalue weighted by molar-refractivity contribution is 6.34. The number of ether oxygens (including phenoxy) is 2. The van der Waals surface area contributed by atoms with E-state index >= 15 is 0 Å². The molecule has 0 fully saturated rings. The Morgan fingerprint density at radius 2 is 1.96 bits per heavy atom. The van der Waals surface area contributed by atoms with Crippen LogP contribution in [0.15, 0.2) is 33.8 Å². The first-order valence-corrected chi connectivity index (χ1v) is 9.62. The van der Waals surface area contributed by atoms with Gasteiger partial charge >= 0.3 is 0 Å². The number of aliphatic imine (C=N–C) groups is 1. The zero-order valence-electron chi connectivity index (χ0n) is 15.2. The van der Waals surface area contributed by atoms with E-state index in [1.165, 1.54) is 12.8 Å². The number of nitrogens with zero attached hydrogens (tertiary/aromatic N) is 2. The molecule has 1 aliphatic rings. The number of halogens is 1. The summed E-state index contributed by atoms with van der Waals surface area (Å²) in [7, 11) is 0. The van der Waals surface area contributed by atoms with Gasteiger partial charge < -0.3 is 14.0 Å². The van der Waals surface area contributed by atoms with Crippen molar-refractivity contribution < 1.29 is 14.0 Å². The number of rotatable bonds is 10. The standard InChI is InChI=1S/C20H25ClN2O3/c1-15-13-17(26-23-15)7-5-3-2-4-6-11-24-16-8-9-18(19(21)14-16)20-22-10-12-25-20/h8-9,13-14H,2-7,10-12H2,1H3. The monoisotopic (exact) mass is 376 g/mol. The van der Waals surface area contributed by atoms with E-state index in [9.17, 15) is 0 Å². The maximum absolute atomic E-state index is 6.31. The van der Waals surface area contributed by atoms with Crippen molar-refractivity contribution in [3.8, 4) is 5.75 Å². The van der Waals surface area contributed by atoms with Gasteiger partial charge in [-0.15, -0.1) is 0 Å². The fourth-order valence-electron chi connectivity index (χ4n) is 2.91. The van der Waals surface area contributed by atoms with Gasteiger partial charge in [0.25, 0.3) is 0 Å². The highest BCUT2D eigenvalue weighted by Gasteiger charge is 2.14. The Bertz CT molecular complexity index is 742. The Labute approximate surface area is 159 Å². The number of hydrogen-bond donors (Lipinski definition) is 0. The smallest absolute Gasteiger partial charge is 0.217 e. The van der Waals surface area contributed by atoms with Crippen LogP contribution in [0.4, 0.5) is 0 Å². The summed E-state index contributed by atoms with van der Waals surface area (Å²) in [5.74, 6) is 2.40. The van der Waals surface area contributed by atoms with E-state index in [1.54, 1.807) is 0 Å². The normalized spacial score (nSPS) is 13.5. The summed E-state index contributed by atoms with van der Waals surface area (Å²) in [4.78, 5) is 4.29. The topological polar surface area (TPSA) is 56.9 Å². The first-order valence-electron chi connectivity index (χ1n) is 9.24. The summed E-state index contributed by atoms with van der Waals surface area (Å²) < 4.78 is 16.5. The average Bonchev–Trinajstić information content (AvgIpc) is 3.29. The molecule has 0 saturated heterocycles. The molecule has 2 aromatic rings. The maximum atomic E-state index is 6.31. The van der Waals surface area contributed by atoms with Gasteiger partial charge in [-0.1, -0.05) is 36.0 Å². The molecule has 1 aliphatic heterocycles. The summed E-state index contributed by atoms with van der Waals surface area (Å²) in [5.41, 5.74) is 1.78. The van der Waals surface area contributed by atoms with Crippen molar-refractivity contribution in [3.63, 3.8) is 0 Å². The second kappa shape index (κ2) is 9.62. The van der Waals surface area contributed by atoms with Crippen LogP contribution in [0.2, 0.25) is 5.02 Å². The molecular formula is C20H25ClN2O3. The molecule has 5 nitrogen and oxygen atoms in total. The van der Waals surface area contributed by atoms with E-state index in [-0.39, 0.29) is 0 Å². The lowest BCUT2D eigenvalue weighted by Gasteiger charge is -2.09. The molecule has 6 heteroatoms. The van der Waals surface area contributed by atoms with Gasteiger partial charge in [-0.2, -0.15) is 0 Å². The third-order valence-electron chi connectivity index (χ3n) is 4.27. The highest BCUT2D eigenvalue weighted by atomic mass is 35.5. The van der Waals surface area contributed by atoms with E-state index in [4.69, 9.17) is 25.6 Å². The minimum atomic E-state index is 0.616. The van der Waals surface area contributed by atoms with Gasteiger partial charge in [0.05, 0.1) is 29.4 Å². The Morgan fingerprint density at radius 1 is 1.12 bits per heavy atom. The molecule has 0 saturated carbocycles. The second-order valence-electron chi connectivity index (χ2n) is 6.48. The Hall–Kier alpha value is -2.01. The van der Waals surface area contributed by atoms with Gasteiger partial charge in [0, 0.05) is 12.5 Å². The van der Waals surface area contributed by atoms with Crippen molar-refractivity contribution in [3.05, 3.63) is 46.3 Å². The molecule has 0 spiro atoms. The second-order valence-corrected chi connectivity index (χ2v) is 6.89. The first-order chi connectivity index (χ1) is 12.7. The van der Waals surface area contributed by atoms with Crippen LogP contribution in [-0.4, -0.2) is 30.8 Å². The van der Waals surface area contributed by atoms with Crippen molar-refractivity contribution in [2.24, 2.45) is 4.99 Å². The molecule has 3 rings (SSSR count). The fourth-order valence-corrected chi connectivity index (χ4v) is 3.16. The molecule has 0 radical (unpaired) electrons. The van der Waals surface area contributed by atoms with E-state index in [1.807, 2.05) is 31.2 Å². The van der Waals surface area contributed by atoms with Gasteiger partial charge in [0.15, 0.2) is 0 Å². The fraction of sp³-hybridized carbons (Fsp3) is 0.500. The van der Waals surface area contributed by atoms with Crippen molar-refractivity contribution >= 4 is 17.5 Å². The van der Waals surface area contributed by atoms with E-state index in [0.717, 1.165) is 48.5 Å². The van der Waals surface area contributed by atoms with Gasteiger partial charge in [-0.3, -0.25) is 0 Å². The van der Waals surface area contributed by atoms with Crippen molar-refractivity contribution in [1.82, 2.24) is 5.16 Å². The molecular weight excluding hydrogens is 352 g/mol. The summed E-state index contributed by atoms with van der Waals surface area (Å²) >= 11 is 6.31. The third-order valence-corrected chi connectivity index (χ3v) is 4.58. The van der Waals surface area contributed by atoms with Crippen molar-refractivity contribution in [2.75, 3.05) is 19.8 Å². The van der Waals surface area contributed by atoms with Gasteiger partial charge in [-0.05, 0) is 38.0 Å². The summed E-state index contributed by atoms with van der Waals surface area (Å²) in [5, 5.41) is 4.52. The minimum absolute atomic E-state index is 0.616. The largest absolute Gasteiger partial charge is 0.494 e. The minimum Gasteiger partial charge on any atom is -0.494 e. The lowest BCUT2D eigenvalue weighted by Crippen LogP contribution is -2.03. The van der Waals surface area contributed by atoms with Crippen LogP contribution in [0, 0.1) is 6.92 Å². The van der Waals surface area contributed by atoms with Crippen LogP contribution in [-0.2, 0) is 11.2 Å². The van der Waals surface area contributed by atoms with Crippen LogP contribution in [0.5, 0.6) is 5.75 Å². The van der Waals surface area contributed by atoms with Crippen molar-refractivity contribution in [1.29, 1.82) is 0 Å². The summed E-state index contributed by atoms with van der Waals surface area (Å²) in [6.07, 6.45) is 6.70. The first kappa shape index (κ1) is 18.8. The number of aryl methyl sites for hydroxylation is 2. The number of hydrogen-bond acceptors (Lipinski definition) is 5. The highest BCUT2D eigenvalue weighted by Crippen LogP contribution is 2.25. The Morgan fingerprint density at radius 3 is 2.69 bits per heavy atom. The Balaban J connectivity index is 1.28. The molecule has 0 amide bonds. The zero-order valence-corrected chi connectivity index (χ0v) is 15.9. The quantitative estimate of drug-likeness (QED) is 0.548. The van der Waals surface area contributed by atoms with Crippen molar-refractivity contribution in [2.45, 2.75) is 45.4 Å². The zero-order chi connectivity index (χ0) is 18.2. The van der Waals surface area contributed by atoms with E-state index in [0.29, 0.717) is 30.7 Å². The molecule has 1 aromatic carbocycles. The summed E-state index contributed by atoms with van der Waals surface area (Å²) in [6.45, 7) is 3.97. The molecule has 0 N–H and O–H groups in total. The molecule has 140 valence electrons. The van der Waals surface area contributed by atoms with E-state index < -0.39 is 0 Å². The van der Waals surface area contributed by atoms with Gasteiger partial charge in [0.2, 0.25) is 5.90 Å². The van der Waals surface area contributed by atoms with Crippen LogP contribution < -0.4 is 4.74 Å². The number of benzene rings is 1. The molecule has 26 heavy (non-hydrogen) atoms. The SMILES string of the molecule is Cc1cc(CCCCCCCOc2ccc(C3=NCCO3)c(Cl)c2)on1. The Kier molecular flexibility index (Phi) is 6.95. The molecule has 1 aromatic heterocycles. The summed E-state index contributed by atoms with van der Waals surface area (Å²) in [6, 6.07) is 7.67. The lowest BCUT2D eigenvalue weighted by molar-refractivity contribution is 0.304. The van der Waals surface area contributed by atoms with Gasteiger partial charge in [0.1, 0.15) is 18.1 Å². The number of aromatic nitrogens is 1.